The van der Waals surface area contributed by atoms with E-state index in [9.17, 15) is 9.59 Å². The highest BCUT2D eigenvalue weighted by molar-refractivity contribution is 6.35. The van der Waals surface area contributed by atoms with Crippen molar-refractivity contribution in [2.24, 2.45) is 0 Å². The van der Waals surface area contributed by atoms with Crippen molar-refractivity contribution in [2.75, 3.05) is 11.9 Å². The van der Waals surface area contributed by atoms with E-state index in [2.05, 4.69) is 10.6 Å². The van der Waals surface area contributed by atoms with E-state index in [0.29, 0.717) is 21.5 Å². The first kappa shape index (κ1) is 19.1. The second-order valence-corrected chi connectivity index (χ2v) is 6.30. The standard InChI is InChI=1S/C18H18Cl2N2O3/c1-11(13-4-3-5-15(8-13)22-12(2)23)21-18(24)10-25-17-7-6-14(19)9-16(17)20/h3-9,11H,10H2,1-2H3,(H,21,24)(H,22,23). The van der Waals surface area contributed by atoms with Gasteiger partial charge in [0.05, 0.1) is 11.1 Å². The Morgan fingerprint density at radius 1 is 1.16 bits per heavy atom. The van der Waals surface area contributed by atoms with Gasteiger partial charge >= 0.3 is 0 Å². The van der Waals surface area contributed by atoms with Gasteiger partial charge in [0, 0.05) is 17.6 Å². The smallest absolute Gasteiger partial charge is 0.258 e. The molecule has 2 aromatic carbocycles. The third-order valence-corrected chi connectivity index (χ3v) is 3.87. The maximum atomic E-state index is 12.1. The molecule has 0 fully saturated rings. The van der Waals surface area contributed by atoms with Crippen molar-refractivity contribution < 1.29 is 14.3 Å². The summed E-state index contributed by atoms with van der Waals surface area (Å²) in [6.45, 7) is 3.12. The van der Waals surface area contributed by atoms with Crippen molar-refractivity contribution in [3.8, 4) is 5.75 Å². The Kier molecular flexibility index (Phi) is 6.67. The van der Waals surface area contributed by atoms with Crippen LogP contribution in [0.2, 0.25) is 10.0 Å². The summed E-state index contributed by atoms with van der Waals surface area (Å²) >= 11 is 11.8. The Labute approximate surface area is 156 Å². The first-order valence-corrected chi connectivity index (χ1v) is 8.35. The van der Waals surface area contributed by atoms with E-state index in [-0.39, 0.29) is 24.5 Å². The van der Waals surface area contributed by atoms with Gasteiger partial charge in [0.25, 0.3) is 5.91 Å². The lowest BCUT2D eigenvalue weighted by Crippen LogP contribution is -2.31. The van der Waals surface area contributed by atoms with E-state index >= 15 is 0 Å². The van der Waals surface area contributed by atoms with Crippen LogP contribution < -0.4 is 15.4 Å². The zero-order chi connectivity index (χ0) is 18.4. The van der Waals surface area contributed by atoms with Gasteiger partial charge in [0.2, 0.25) is 5.91 Å². The van der Waals surface area contributed by atoms with E-state index < -0.39 is 0 Å². The third kappa shape index (κ3) is 5.96. The summed E-state index contributed by atoms with van der Waals surface area (Å²) in [5.74, 6) is -0.0490. The number of carbonyl (C=O) groups is 2. The fourth-order valence-electron chi connectivity index (χ4n) is 2.19. The molecule has 0 aliphatic rings. The summed E-state index contributed by atoms with van der Waals surface area (Å²) in [6.07, 6.45) is 0. The molecular formula is C18H18Cl2N2O3. The van der Waals surface area contributed by atoms with Gasteiger partial charge in [0.15, 0.2) is 6.61 Å². The average Bonchev–Trinajstić information content (AvgIpc) is 2.53. The fraction of sp³-hybridized carbons (Fsp3) is 0.222. The summed E-state index contributed by atoms with van der Waals surface area (Å²) in [5, 5.41) is 6.38. The first-order chi connectivity index (χ1) is 11.8. The van der Waals surface area contributed by atoms with Gasteiger partial charge in [-0.15, -0.1) is 0 Å². The Balaban J connectivity index is 1.92. The van der Waals surface area contributed by atoms with Gasteiger partial charge in [-0.2, -0.15) is 0 Å². The lowest BCUT2D eigenvalue weighted by Gasteiger charge is -2.16. The number of halogens is 2. The van der Waals surface area contributed by atoms with Crippen LogP contribution in [0.3, 0.4) is 0 Å². The molecule has 0 aliphatic carbocycles. The summed E-state index contributed by atoms with van der Waals surface area (Å²) in [5.41, 5.74) is 1.54. The van der Waals surface area contributed by atoms with Crippen LogP contribution in [0.15, 0.2) is 42.5 Å². The highest BCUT2D eigenvalue weighted by Crippen LogP contribution is 2.27. The number of nitrogens with one attached hydrogen (secondary N) is 2. The Bertz CT molecular complexity index is 781. The number of carbonyl (C=O) groups excluding carboxylic acids is 2. The van der Waals surface area contributed by atoms with Crippen LogP contribution in [0, 0.1) is 0 Å². The molecule has 132 valence electrons. The number of anilines is 1. The Morgan fingerprint density at radius 3 is 2.60 bits per heavy atom. The van der Waals surface area contributed by atoms with Crippen LogP contribution in [-0.2, 0) is 9.59 Å². The minimum atomic E-state index is -0.288. The van der Waals surface area contributed by atoms with Crippen LogP contribution in [0.1, 0.15) is 25.5 Å². The van der Waals surface area contributed by atoms with Gasteiger partial charge in [-0.1, -0.05) is 35.3 Å². The number of amides is 2. The number of benzene rings is 2. The molecule has 0 bridgehead atoms. The highest BCUT2D eigenvalue weighted by Gasteiger charge is 2.12. The molecule has 5 nitrogen and oxygen atoms in total. The molecule has 7 heteroatoms. The maximum absolute atomic E-state index is 12.1. The molecule has 0 radical (unpaired) electrons. The monoisotopic (exact) mass is 380 g/mol. The third-order valence-electron chi connectivity index (χ3n) is 3.34. The van der Waals surface area contributed by atoms with Gasteiger partial charge in [-0.3, -0.25) is 9.59 Å². The van der Waals surface area contributed by atoms with E-state index in [1.165, 1.54) is 6.92 Å². The SMILES string of the molecule is CC(=O)Nc1cccc(C(C)NC(=O)COc2ccc(Cl)cc2Cl)c1. The summed E-state index contributed by atoms with van der Waals surface area (Å²) in [7, 11) is 0. The molecule has 25 heavy (non-hydrogen) atoms. The van der Waals surface area contributed by atoms with Crippen LogP contribution in [-0.4, -0.2) is 18.4 Å². The second-order valence-electron chi connectivity index (χ2n) is 5.46. The van der Waals surface area contributed by atoms with Gasteiger partial charge in [0.1, 0.15) is 5.75 Å². The lowest BCUT2D eigenvalue weighted by atomic mass is 10.1. The summed E-state index contributed by atoms with van der Waals surface area (Å²) in [6, 6.07) is 11.8. The topological polar surface area (TPSA) is 67.4 Å². The number of hydrogen-bond donors (Lipinski definition) is 2. The lowest BCUT2D eigenvalue weighted by molar-refractivity contribution is -0.123. The van der Waals surface area contributed by atoms with Crippen LogP contribution in [0.25, 0.3) is 0 Å². The molecule has 0 saturated heterocycles. The quantitative estimate of drug-likeness (QED) is 0.788. The molecule has 0 heterocycles. The molecule has 2 N–H and O–H groups in total. The van der Waals surface area contributed by atoms with Crippen molar-refractivity contribution in [3.63, 3.8) is 0 Å². The van der Waals surface area contributed by atoms with Crippen molar-refractivity contribution >= 4 is 40.7 Å². The normalized spacial score (nSPS) is 11.5. The minimum absolute atomic E-state index is 0.151. The predicted octanol–water partition coefficient (Wildman–Crippen LogP) is 4.21. The number of rotatable bonds is 6. The number of hydrogen-bond acceptors (Lipinski definition) is 3. The molecule has 2 aromatic rings. The molecule has 0 aromatic heterocycles. The largest absolute Gasteiger partial charge is 0.482 e. The Morgan fingerprint density at radius 2 is 1.92 bits per heavy atom. The molecule has 1 atom stereocenters. The van der Waals surface area contributed by atoms with Gasteiger partial charge in [-0.05, 0) is 42.8 Å². The highest BCUT2D eigenvalue weighted by atomic mass is 35.5. The molecule has 2 rings (SSSR count). The van der Waals surface area contributed by atoms with E-state index in [1.54, 1.807) is 24.3 Å². The Hall–Kier alpha value is -2.24. The number of ether oxygens (including phenoxy) is 1. The van der Waals surface area contributed by atoms with Crippen LogP contribution in [0.4, 0.5) is 5.69 Å². The summed E-state index contributed by atoms with van der Waals surface area (Å²) in [4.78, 5) is 23.2. The molecule has 0 saturated carbocycles. The second kappa shape index (κ2) is 8.74. The van der Waals surface area contributed by atoms with Gasteiger partial charge < -0.3 is 15.4 Å². The zero-order valence-corrected chi connectivity index (χ0v) is 15.3. The fourth-order valence-corrected chi connectivity index (χ4v) is 2.65. The zero-order valence-electron chi connectivity index (χ0n) is 13.8. The van der Waals surface area contributed by atoms with E-state index in [4.69, 9.17) is 27.9 Å². The predicted molar refractivity (Wildman–Crippen MR) is 99.3 cm³/mol. The molecule has 0 spiro atoms. The molecule has 2 amide bonds. The van der Waals surface area contributed by atoms with Crippen molar-refractivity contribution in [1.29, 1.82) is 0 Å². The van der Waals surface area contributed by atoms with Crippen molar-refractivity contribution in [3.05, 3.63) is 58.1 Å². The maximum Gasteiger partial charge on any atom is 0.258 e. The van der Waals surface area contributed by atoms with Crippen molar-refractivity contribution in [2.45, 2.75) is 19.9 Å². The van der Waals surface area contributed by atoms with Crippen LogP contribution in [0.5, 0.6) is 5.75 Å². The van der Waals surface area contributed by atoms with Crippen LogP contribution >= 0.6 is 23.2 Å². The summed E-state index contributed by atoms with van der Waals surface area (Å²) < 4.78 is 5.41. The van der Waals surface area contributed by atoms with Gasteiger partial charge in [-0.25, -0.2) is 0 Å². The van der Waals surface area contributed by atoms with E-state index in [0.717, 1.165) is 5.56 Å². The average molecular weight is 381 g/mol. The minimum Gasteiger partial charge on any atom is -0.482 e. The molecule has 0 aliphatic heterocycles. The molecular weight excluding hydrogens is 363 g/mol. The molecule has 1 unspecified atom stereocenters. The van der Waals surface area contributed by atoms with E-state index in [1.807, 2.05) is 25.1 Å². The van der Waals surface area contributed by atoms with Crippen molar-refractivity contribution in [1.82, 2.24) is 5.32 Å². The first-order valence-electron chi connectivity index (χ1n) is 7.60.